The van der Waals surface area contributed by atoms with E-state index in [0.717, 1.165) is 17.9 Å². The Morgan fingerprint density at radius 2 is 1.93 bits per heavy atom. The van der Waals surface area contributed by atoms with Crippen molar-refractivity contribution >= 4 is 29.6 Å². The third-order valence-corrected chi connectivity index (χ3v) is 7.36. The lowest BCUT2D eigenvalue weighted by atomic mass is 9.77. The fourth-order valence-electron chi connectivity index (χ4n) is 4.61. The van der Waals surface area contributed by atoms with Gasteiger partial charge in [0.15, 0.2) is 0 Å². The summed E-state index contributed by atoms with van der Waals surface area (Å²) in [7, 11) is 0. The first kappa shape index (κ1) is 35.2. The van der Waals surface area contributed by atoms with Crippen LogP contribution in [0.4, 0.5) is 8.78 Å². The van der Waals surface area contributed by atoms with Gasteiger partial charge in [-0.2, -0.15) is 5.26 Å². The van der Waals surface area contributed by atoms with Crippen molar-refractivity contribution in [3.05, 3.63) is 93.4 Å². The Morgan fingerprint density at radius 3 is 2.48 bits per heavy atom. The maximum atomic E-state index is 14.4. The molecule has 0 saturated carbocycles. The van der Waals surface area contributed by atoms with Crippen LogP contribution in [0.2, 0.25) is 10.0 Å². The minimum absolute atomic E-state index is 0.0335. The largest absolute Gasteiger partial charge is 0.466 e. The molecule has 0 spiro atoms. The number of aryl methyl sites for hydroxylation is 1. The first-order chi connectivity index (χ1) is 19.9. The summed E-state index contributed by atoms with van der Waals surface area (Å²) in [5, 5.41) is 33.0. The summed E-state index contributed by atoms with van der Waals surface area (Å²) in [6.45, 7) is 6.85. The molecule has 1 aliphatic rings. The predicted octanol–water partition coefficient (Wildman–Crippen LogP) is 5.90. The van der Waals surface area contributed by atoms with Crippen molar-refractivity contribution in [3.63, 3.8) is 0 Å². The molecule has 228 valence electrons. The zero-order chi connectivity index (χ0) is 31.3. The van der Waals surface area contributed by atoms with E-state index in [0.29, 0.717) is 36.5 Å². The van der Waals surface area contributed by atoms with E-state index in [1.54, 1.807) is 24.3 Å². The average molecular weight is 625 g/mol. The van der Waals surface area contributed by atoms with Crippen molar-refractivity contribution < 1.29 is 28.2 Å². The number of halogens is 4. The third-order valence-electron chi connectivity index (χ3n) is 6.84. The van der Waals surface area contributed by atoms with E-state index in [4.69, 9.17) is 37.8 Å². The molecule has 11 heteroatoms. The zero-order valence-corrected chi connectivity index (χ0v) is 25.3. The average Bonchev–Trinajstić information content (AvgIpc) is 3.57. The Morgan fingerprint density at radius 1 is 1.21 bits per heavy atom. The molecular weight excluding hydrogens is 587 g/mol. The number of benzene rings is 2. The minimum Gasteiger partial charge on any atom is -0.466 e. The molecule has 1 fully saturated rings. The Labute approximate surface area is 255 Å². The van der Waals surface area contributed by atoms with Gasteiger partial charge in [0.05, 0.1) is 29.7 Å². The molecule has 2 aromatic carbocycles. The van der Waals surface area contributed by atoms with E-state index < -0.39 is 11.9 Å². The number of rotatable bonds is 9. The van der Waals surface area contributed by atoms with Crippen molar-refractivity contribution in [1.82, 2.24) is 10.6 Å². The molecule has 7 nitrogen and oxygen atoms in total. The topological polar surface area (TPSA) is 119 Å². The van der Waals surface area contributed by atoms with Gasteiger partial charge in [0, 0.05) is 35.5 Å². The smallest absolute Gasteiger partial charge is 0.207 e. The highest BCUT2D eigenvalue weighted by Gasteiger charge is 2.41. The van der Waals surface area contributed by atoms with E-state index in [1.165, 1.54) is 18.2 Å². The van der Waals surface area contributed by atoms with E-state index in [-0.39, 0.29) is 40.7 Å². The van der Waals surface area contributed by atoms with E-state index in [9.17, 15) is 18.8 Å². The van der Waals surface area contributed by atoms with Crippen molar-refractivity contribution in [1.29, 1.82) is 5.26 Å². The highest BCUT2D eigenvalue weighted by molar-refractivity contribution is 6.31. The van der Waals surface area contributed by atoms with Crippen LogP contribution in [-0.2, 0) is 10.2 Å². The van der Waals surface area contributed by atoms with Crippen LogP contribution in [0.5, 0.6) is 0 Å². The zero-order valence-electron chi connectivity index (χ0n) is 23.8. The Bertz CT molecular complexity index is 1300. The Kier molecular flexibility index (Phi) is 14.4. The van der Waals surface area contributed by atoms with Crippen LogP contribution < -0.4 is 10.6 Å². The molecule has 0 aliphatic carbocycles. The molecule has 0 radical (unpaired) electrons. The number of aliphatic hydroxyl groups excluding tert-OH is 2. The second kappa shape index (κ2) is 17.2. The van der Waals surface area contributed by atoms with Gasteiger partial charge in [-0.05, 0) is 61.7 Å². The number of hydrogen-bond acceptors (Lipinski definition) is 6. The van der Waals surface area contributed by atoms with Crippen LogP contribution in [0.1, 0.15) is 49.7 Å². The Hall–Kier alpha value is -3.00. The van der Waals surface area contributed by atoms with Crippen LogP contribution >= 0.6 is 23.2 Å². The fourth-order valence-corrected chi connectivity index (χ4v) is 4.97. The van der Waals surface area contributed by atoms with Gasteiger partial charge in [-0.3, -0.25) is 4.79 Å². The molecule has 1 aliphatic heterocycles. The molecule has 2 heterocycles. The lowest BCUT2D eigenvalue weighted by Gasteiger charge is -2.28. The summed E-state index contributed by atoms with van der Waals surface area (Å²) >= 11 is 11.3. The molecule has 3 aromatic rings. The van der Waals surface area contributed by atoms with Crippen LogP contribution in [0.3, 0.4) is 0 Å². The molecule has 1 aromatic heterocycles. The number of aliphatic hydroxyl groups is 2. The van der Waals surface area contributed by atoms with Crippen LogP contribution in [0.25, 0.3) is 0 Å². The van der Waals surface area contributed by atoms with Crippen LogP contribution in [-0.4, -0.2) is 48.5 Å². The van der Waals surface area contributed by atoms with Gasteiger partial charge in [-0.25, -0.2) is 8.78 Å². The SMILES string of the molecule is Cc1ccc(C(C)(C)CC2NCC(c3cccc(Cl)c3F)C2C#N)o1.Fc1cccc(Cl)c1.O=CNCCC(O)CO. The highest BCUT2D eigenvalue weighted by Crippen LogP contribution is 2.40. The van der Waals surface area contributed by atoms with Gasteiger partial charge in [0.2, 0.25) is 6.41 Å². The lowest BCUT2D eigenvalue weighted by molar-refractivity contribution is -0.109. The number of carbonyl (C=O) groups is 1. The van der Waals surface area contributed by atoms with Gasteiger partial charge in [0.25, 0.3) is 0 Å². The molecule has 0 bridgehead atoms. The molecule has 4 atom stereocenters. The van der Waals surface area contributed by atoms with Crippen molar-refractivity contribution in [2.24, 2.45) is 5.92 Å². The molecule has 4 N–H and O–H groups in total. The molecule has 1 saturated heterocycles. The predicted molar refractivity (Wildman–Crippen MR) is 159 cm³/mol. The van der Waals surface area contributed by atoms with Crippen LogP contribution in [0.15, 0.2) is 59.0 Å². The fraction of sp³-hybridized carbons (Fsp3) is 0.419. The van der Waals surface area contributed by atoms with E-state index in [1.807, 2.05) is 19.1 Å². The number of carbonyl (C=O) groups excluding carboxylic acids is 1. The maximum Gasteiger partial charge on any atom is 0.207 e. The normalized spacial score (nSPS) is 18.5. The summed E-state index contributed by atoms with van der Waals surface area (Å²) in [6, 6.07) is 17.1. The lowest BCUT2D eigenvalue weighted by Crippen LogP contribution is -2.34. The number of nitrogens with zero attached hydrogens (tertiary/aromatic N) is 1. The quantitative estimate of drug-likeness (QED) is 0.174. The second-order valence-electron chi connectivity index (χ2n) is 10.6. The van der Waals surface area contributed by atoms with Crippen molar-refractivity contribution in [2.75, 3.05) is 19.7 Å². The van der Waals surface area contributed by atoms with Gasteiger partial charge in [0.1, 0.15) is 23.2 Å². The van der Waals surface area contributed by atoms with Gasteiger partial charge in [-0.15, -0.1) is 0 Å². The molecular formula is C31H37Cl2F2N3O4. The van der Waals surface area contributed by atoms with E-state index >= 15 is 0 Å². The Balaban J connectivity index is 0.000000296. The number of furan rings is 1. The summed E-state index contributed by atoms with van der Waals surface area (Å²) in [5.41, 5.74) is 0.295. The van der Waals surface area contributed by atoms with Gasteiger partial charge >= 0.3 is 0 Å². The third kappa shape index (κ3) is 10.7. The second-order valence-corrected chi connectivity index (χ2v) is 11.4. The summed E-state index contributed by atoms with van der Waals surface area (Å²) in [6.07, 6.45) is 0.980. The standard InChI is InChI=1S/C20H22ClFN2O.C6H4ClF.C5H11NO3/c1-12-7-8-18(25-12)20(2,3)9-17-14(10-23)15(11-24-17)13-5-4-6-16(21)19(13)22;7-5-2-1-3-6(8)4-5;7-3-5(9)1-2-6-4-8/h4-8,14-15,17,24H,9,11H2,1-3H3;1-4H;4-5,7,9H,1-3H2,(H,6,8). The summed E-state index contributed by atoms with van der Waals surface area (Å²) in [5.74, 6) is 0.542. The highest BCUT2D eigenvalue weighted by atomic mass is 35.5. The van der Waals surface area contributed by atoms with Gasteiger partial charge < -0.3 is 25.3 Å². The first-order valence-corrected chi connectivity index (χ1v) is 14.2. The summed E-state index contributed by atoms with van der Waals surface area (Å²) < 4.78 is 32.3. The van der Waals surface area contributed by atoms with E-state index in [2.05, 4.69) is 30.6 Å². The molecule has 42 heavy (non-hydrogen) atoms. The maximum absolute atomic E-state index is 14.4. The number of amides is 1. The number of nitrogens with one attached hydrogen (secondary N) is 2. The van der Waals surface area contributed by atoms with Crippen LogP contribution in [0, 0.1) is 35.8 Å². The summed E-state index contributed by atoms with van der Waals surface area (Å²) in [4.78, 5) is 9.62. The molecule has 4 unspecified atom stereocenters. The first-order valence-electron chi connectivity index (χ1n) is 13.4. The van der Waals surface area contributed by atoms with Crippen molar-refractivity contribution in [3.8, 4) is 6.07 Å². The van der Waals surface area contributed by atoms with Crippen molar-refractivity contribution in [2.45, 2.75) is 57.1 Å². The number of hydrogen-bond donors (Lipinski definition) is 4. The molecule has 4 rings (SSSR count). The van der Waals surface area contributed by atoms with Gasteiger partial charge in [-0.1, -0.05) is 55.2 Å². The molecule has 1 amide bonds. The minimum atomic E-state index is -0.711. The monoisotopic (exact) mass is 623 g/mol. The number of nitriles is 1.